The fourth-order valence-corrected chi connectivity index (χ4v) is 6.33. The van der Waals surface area contributed by atoms with Crippen LogP contribution in [0.2, 0.25) is 13.1 Å². The van der Waals surface area contributed by atoms with E-state index in [1.807, 2.05) is 12.1 Å². The van der Waals surface area contributed by atoms with E-state index in [0.29, 0.717) is 0 Å². The highest BCUT2D eigenvalue weighted by molar-refractivity contribution is 9.10. The van der Waals surface area contributed by atoms with Gasteiger partial charge in [0, 0.05) is 4.47 Å². The largest absolute Gasteiger partial charge is 0.573 e. The second-order valence-corrected chi connectivity index (χ2v) is 10.8. The molecule has 21 heavy (non-hydrogen) atoms. The molecule has 0 aromatic heterocycles. The summed E-state index contributed by atoms with van der Waals surface area (Å²) in [5.74, 6) is -0.145. The first kappa shape index (κ1) is 14.7. The predicted octanol–water partition coefficient (Wildman–Crippen LogP) is 4.15. The zero-order chi connectivity index (χ0) is 15.4. The molecule has 1 aliphatic rings. The van der Waals surface area contributed by atoms with Gasteiger partial charge in [-0.2, -0.15) is 0 Å². The van der Waals surface area contributed by atoms with Gasteiger partial charge in [-0.1, -0.05) is 41.2 Å². The van der Waals surface area contributed by atoms with Crippen LogP contribution in [-0.2, 0) is 0 Å². The summed E-state index contributed by atoms with van der Waals surface area (Å²) in [6.45, 7) is 4.28. The van der Waals surface area contributed by atoms with E-state index in [-0.39, 0.29) is 5.75 Å². The van der Waals surface area contributed by atoms with E-state index >= 15 is 0 Å². The molecule has 3 rings (SSSR count). The van der Waals surface area contributed by atoms with E-state index in [0.717, 1.165) is 20.8 Å². The molecule has 6 heteroatoms. The Kier molecular flexibility index (Phi) is 3.22. The zero-order valence-corrected chi connectivity index (χ0v) is 14.0. The van der Waals surface area contributed by atoms with Crippen LogP contribution in [-0.4, -0.2) is 14.4 Å². The number of fused-ring (bicyclic) bond motifs is 3. The summed E-state index contributed by atoms with van der Waals surface area (Å²) in [4.78, 5) is 0. The van der Waals surface area contributed by atoms with Gasteiger partial charge in [-0.3, -0.25) is 0 Å². The minimum Gasteiger partial charge on any atom is -0.406 e. The van der Waals surface area contributed by atoms with Gasteiger partial charge in [-0.15, -0.1) is 13.2 Å². The first-order valence-electron chi connectivity index (χ1n) is 6.39. The first-order valence-corrected chi connectivity index (χ1v) is 10.2. The Bertz CT molecular complexity index is 725. The minimum absolute atomic E-state index is 0.145. The van der Waals surface area contributed by atoms with Crippen molar-refractivity contribution >= 4 is 34.4 Å². The second-order valence-electron chi connectivity index (χ2n) is 5.57. The number of benzene rings is 2. The van der Waals surface area contributed by atoms with E-state index in [1.54, 1.807) is 12.1 Å². The molecule has 110 valence electrons. The molecule has 1 nitrogen and oxygen atoms in total. The van der Waals surface area contributed by atoms with Crippen LogP contribution in [0.15, 0.2) is 40.9 Å². The smallest absolute Gasteiger partial charge is 0.406 e. The quantitative estimate of drug-likeness (QED) is 0.683. The molecule has 1 heterocycles. The fraction of sp³-hybridized carbons (Fsp3) is 0.200. The van der Waals surface area contributed by atoms with Crippen molar-refractivity contribution < 1.29 is 17.9 Å². The highest BCUT2D eigenvalue weighted by Crippen LogP contribution is 2.33. The summed E-state index contributed by atoms with van der Waals surface area (Å²) >= 11 is 3.45. The van der Waals surface area contributed by atoms with Crippen LogP contribution in [0, 0.1) is 0 Å². The van der Waals surface area contributed by atoms with Crippen molar-refractivity contribution in [2.75, 3.05) is 0 Å². The molecular formula is C15H12BrF3OSi. The average Bonchev–Trinajstić information content (AvgIpc) is 2.56. The Morgan fingerprint density at radius 2 is 1.67 bits per heavy atom. The SMILES string of the molecule is C[Si]1(C)c2ccc(Br)cc2-c2ccc(OC(F)(F)F)cc21. The van der Waals surface area contributed by atoms with E-state index in [4.69, 9.17) is 0 Å². The topological polar surface area (TPSA) is 9.23 Å². The number of alkyl halides is 3. The lowest BCUT2D eigenvalue weighted by atomic mass is 10.1. The van der Waals surface area contributed by atoms with Crippen molar-refractivity contribution in [3.8, 4) is 16.9 Å². The van der Waals surface area contributed by atoms with Crippen LogP contribution in [0.3, 0.4) is 0 Å². The molecule has 0 saturated carbocycles. The molecule has 2 aromatic rings. The molecule has 0 spiro atoms. The number of rotatable bonds is 1. The Labute approximate surface area is 129 Å². The van der Waals surface area contributed by atoms with Crippen LogP contribution in [0.1, 0.15) is 0 Å². The summed E-state index contributed by atoms with van der Waals surface area (Å²) < 4.78 is 42.2. The predicted molar refractivity (Wildman–Crippen MR) is 83.0 cm³/mol. The molecule has 0 radical (unpaired) electrons. The molecule has 0 amide bonds. The van der Waals surface area contributed by atoms with Crippen molar-refractivity contribution in [1.29, 1.82) is 0 Å². The second kappa shape index (κ2) is 4.61. The Hall–Kier alpha value is -1.27. The molecule has 1 aliphatic heterocycles. The average molecular weight is 373 g/mol. The van der Waals surface area contributed by atoms with Gasteiger partial charge in [0.05, 0.1) is 0 Å². The third-order valence-corrected chi connectivity index (χ3v) is 7.88. The third kappa shape index (κ3) is 2.51. The van der Waals surface area contributed by atoms with Gasteiger partial charge in [-0.25, -0.2) is 0 Å². The van der Waals surface area contributed by atoms with E-state index in [9.17, 15) is 13.2 Å². The lowest BCUT2D eigenvalue weighted by molar-refractivity contribution is -0.274. The highest BCUT2D eigenvalue weighted by Gasteiger charge is 2.38. The van der Waals surface area contributed by atoms with Gasteiger partial charge in [0.25, 0.3) is 0 Å². The fourth-order valence-electron chi connectivity index (χ4n) is 2.90. The van der Waals surface area contributed by atoms with Crippen LogP contribution in [0.5, 0.6) is 5.75 Å². The van der Waals surface area contributed by atoms with Gasteiger partial charge in [0.15, 0.2) is 0 Å². The molecule has 0 saturated heterocycles. The van der Waals surface area contributed by atoms with Crippen molar-refractivity contribution in [2.45, 2.75) is 19.5 Å². The molecule has 2 aromatic carbocycles. The monoisotopic (exact) mass is 372 g/mol. The molecule has 0 fully saturated rings. The van der Waals surface area contributed by atoms with Crippen molar-refractivity contribution in [2.24, 2.45) is 0 Å². The minimum atomic E-state index is -4.66. The zero-order valence-electron chi connectivity index (χ0n) is 11.4. The normalized spacial score (nSPS) is 15.5. The summed E-state index contributed by atoms with van der Waals surface area (Å²) in [6.07, 6.45) is -4.66. The Balaban J connectivity index is 2.14. The number of hydrogen-bond donors (Lipinski definition) is 0. The highest BCUT2D eigenvalue weighted by atomic mass is 79.9. The third-order valence-electron chi connectivity index (χ3n) is 3.84. The van der Waals surface area contributed by atoms with E-state index in [2.05, 4.69) is 39.8 Å². The van der Waals surface area contributed by atoms with Gasteiger partial charge in [-0.05, 0) is 45.8 Å². The van der Waals surface area contributed by atoms with Crippen molar-refractivity contribution in [3.63, 3.8) is 0 Å². The summed E-state index contributed by atoms with van der Waals surface area (Å²) in [6, 6.07) is 10.7. The lowest BCUT2D eigenvalue weighted by Gasteiger charge is -2.19. The van der Waals surface area contributed by atoms with Gasteiger partial charge >= 0.3 is 6.36 Å². The molecule has 0 N–H and O–H groups in total. The number of ether oxygens (including phenoxy) is 1. The van der Waals surface area contributed by atoms with Crippen LogP contribution >= 0.6 is 15.9 Å². The van der Waals surface area contributed by atoms with E-state index < -0.39 is 14.4 Å². The van der Waals surface area contributed by atoms with Crippen molar-refractivity contribution in [1.82, 2.24) is 0 Å². The maximum absolute atomic E-state index is 12.4. The van der Waals surface area contributed by atoms with Gasteiger partial charge in [0.1, 0.15) is 13.8 Å². The lowest BCUT2D eigenvalue weighted by Crippen LogP contribution is -2.49. The summed E-state index contributed by atoms with van der Waals surface area (Å²) in [7, 11) is -1.98. The van der Waals surface area contributed by atoms with Crippen LogP contribution < -0.4 is 15.1 Å². The van der Waals surface area contributed by atoms with Gasteiger partial charge < -0.3 is 4.74 Å². The van der Waals surface area contributed by atoms with Gasteiger partial charge in [0.2, 0.25) is 0 Å². The maximum atomic E-state index is 12.4. The standard InChI is InChI=1S/C15H12BrF3OSi/c1-21(2)13-6-3-9(16)7-12(13)11-5-4-10(8-14(11)21)20-15(17,18)19/h3-8H,1-2H3. The Morgan fingerprint density at radius 1 is 0.952 bits per heavy atom. The summed E-state index contributed by atoms with van der Waals surface area (Å²) in [5, 5.41) is 2.22. The van der Waals surface area contributed by atoms with Crippen LogP contribution in [0.25, 0.3) is 11.1 Å². The number of halogens is 4. The molecule has 0 aliphatic carbocycles. The Morgan fingerprint density at radius 3 is 2.33 bits per heavy atom. The molecular weight excluding hydrogens is 361 g/mol. The summed E-state index contributed by atoms with van der Waals surface area (Å²) in [5.41, 5.74) is 2.12. The maximum Gasteiger partial charge on any atom is 0.573 e. The number of hydrogen-bond acceptors (Lipinski definition) is 1. The van der Waals surface area contributed by atoms with Crippen LogP contribution in [0.4, 0.5) is 13.2 Å². The molecule has 0 atom stereocenters. The first-order chi connectivity index (χ1) is 9.68. The van der Waals surface area contributed by atoms with Crippen molar-refractivity contribution in [3.05, 3.63) is 40.9 Å². The molecule has 0 bridgehead atoms. The molecule has 0 unspecified atom stereocenters. The van der Waals surface area contributed by atoms with E-state index in [1.165, 1.54) is 11.3 Å².